The van der Waals surface area contributed by atoms with Gasteiger partial charge in [-0.25, -0.2) is 0 Å². The van der Waals surface area contributed by atoms with E-state index < -0.39 is 0 Å². The minimum absolute atomic E-state index is 0.504. The molecule has 0 saturated carbocycles. The Morgan fingerprint density at radius 2 is 2.19 bits per heavy atom. The number of nitrogens with two attached hydrogens (primary N) is 1. The summed E-state index contributed by atoms with van der Waals surface area (Å²) >= 11 is 5.36. The molecule has 90 valence electrons. The Morgan fingerprint density at radius 3 is 2.81 bits per heavy atom. The van der Waals surface area contributed by atoms with E-state index in [1.807, 2.05) is 23.9 Å². The highest BCUT2D eigenvalue weighted by atomic mass is 79.9. The fraction of sp³-hybridized carbons (Fsp3) is 0.500. The van der Waals surface area contributed by atoms with Crippen molar-refractivity contribution < 1.29 is 0 Å². The van der Waals surface area contributed by atoms with E-state index in [1.54, 1.807) is 0 Å². The van der Waals surface area contributed by atoms with E-state index in [-0.39, 0.29) is 0 Å². The van der Waals surface area contributed by atoms with E-state index >= 15 is 0 Å². The van der Waals surface area contributed by atoms with Gasteiger partial charge < -0.3 is 10.6 Å². The summed E-state index contributed by atoms with van der Waals surface area (Å²) < 4.78 is 1.07. The second kappa shape index (κ2) is 6.40. The van der Waals surface area contributed by atoms with Gasteiger partial charge in [0.05, 0.1) is 11.4 Å². The number of anilines is 2. The molecule has 2 nitrogen and oxygen atoms in total. The highest BCUT2D eigenvalue weighted by molar-refractivity contribution is 9.10. The zero-order valence-corrected chi connectivity index (χ0v) is 12.4. The number of hydrogen-bond donors (Lipinski definition) is 1. The lowest BCUT2D eigenvalue weighted by Crippen LogP contribution is -2.29. The van der Waals surface area contributed by atoms with E-state index in [4.69, 9.17) is 5.73 Å². The van der Waals surface area contributed by atoms with Crippen molar-refractivity contribution in [3.8, 4) is 0 Å². The first-order valence-electron chi connectivity index (χ1n) is 5.33. The van der Waals surface area contributed by atoms with Gasteiger partial charge in [-0.15, -0.1) is 0 Å². The van der Waals surface area contributed by atoms with Crippen molar-refractivity contribution in [1.29, 1.82) is 0 Å². The molecule has 0 aliphatic rings. The number of hydrogen-bond acceptors (Lipinski definition) is 3. The molecule has 0 aliphatic heterocycles. The van der Waals surface area contributed by atoms with Crippen molar-refractivity contribution >= 4 is 39.1 Å². The first-order valence-corrected chi connectivity index (χ1v) is 7.51. The van der Waals surface area contributed by atoms with Crippen LogP contribution in [0.1, 0.15) is 13.3 Å². The van der Waals surface area contributed by atoms with Gasteiger partial charge in [-0.05, 0) is 43.6 Å². The molecule has 0 radical (unpaired) electrons. The van der Waals surface area contributed by atoms with Crippen molar-refractivity contribution in [1.82, 2.24) is 0 Å². The minimum Gasteiger partial charge on any atom is -0.397 e. The average molecular weight is 303 g/mol. The van der Waals surface area contributed by atoms with Crippen LogP contribution >= 0.6 is 27.7 Å². The number of halogens is 1. The number of nitrogen functional groups attached to an aromatic ring is 1. The van der Waals surface area contributed by atoms with Gasteiger partial charge in [-0.2, -0.15) is 11.8 Å². The summed E-state index contributed by atoms with van der Waals surface area (Å²) in [5.74, 6) is 1.18. The lowest BCUT2D eigenvalue weighted by molar-refractivity contribution is 0.670. The molecule has 0 spiro atoms. The van der Waals surface area contributed by atoms with Crippen molar-refractivity contribution in [2.24, 2.45) is 0 Å². The van der Waals surface area contributed by atoms with Gasteiger partial charge >= 0.3 is 0 Å². The van der Waals surface area contributed by atoms with E-state index in [9.17, 15) is 0 Å². The van der Waals surface area contributed by atoms with Gasteiger partial charge in [0.1, 0.15) is 0 Å². The minimum atomic E-state index is 0.504. The van der Waals surface area contributed by atoms with Crippen LogP contribution < -0.4 is 10.6 Å². The predicted molar refractivity (Wildman–Crippen MR) is 79.4 cm³/mol. The van der Waals surface area contributed by atoms with E-state index in [1.165, 1.54) is 12.2 Å². The maximum Gasteiger partial charge on any atom is 0.0611 e. The molecule has 1 rings (SSSR count). The highest BCUT2D eigenvalue weighted by Gasteiger charge is 2.12. The third-order valence-corrected chi connectivity index (χ3v) is 3.91. The standard InChI is InChI=1S/C12H19BrN2S/c1-9(6-7-16-3)15(2)12-8-10(13)4-5-11(12)14/h4-5,8-9H,6-7,14H2,1-3H3. The predicted octanol–water partition coefficient (Wildman–Crippen LogP) is 3.61. The van der Waals surface area contributed by atoms with Gasteiger partial charge in [0.15, 0.2) is 0 Å². The third kappa shape index (κ3) is 3.59. The summed E-state index contributed by atoms with van der Waals surface area (Å²) in [6, 6.07) is 6.49. The second-order valence-electron chi connectivity index (χ2n) is 3.94. The van der Waals surface area contributed by atoms with Gasteiger partial charge in [-0.3, -0.25) is 0 Å². The Kier molecular flexibility index (Phi) is 5.49. The first-order chi connectivity index (χ1) is 7.56. The topological polar surface area (TPSA) is 29.3 Å². The SMILES string of the molecule is CSCCC(C)N(C)c1cc(Br)ccc1N. The smallest absolute Gasteiger partial charge is 0.0611 e. The molecule has 1 atom stereocenters. The molecule has 2 N–H and O–H groups in total. The third-order valence-electron chi connectivity index (χ3n) is 2.77. The van der Waals surface area contributed by atoms with E-state index in [0.29, 0.717) is 6.04 Å². The van der Waals surface area contributed by atoms with Crippen molar-refractivity contribution in [3.63, 3.8) is 0 Å². The quantitative estimate of drug-likeness (QED) is 0.843. The lowest BCUT2D eigenvalue weighted by atomic mass is 10.2. The lowest BCUT2D eigenvalue weighted by Gasteiger charge is -2.28. The summed E-state index contributed by atoms with van der Waals surface area (Å²) in [5.41, 5.74) is 7.92. The molecule has 0 aromatic heterocycles. The molecule has 0 saturated heterocycles. The van der Waals surface area contributed by atoms with E-state index in [2.05, 4.69) is 47.1 Å². The maximum absolute atomic E-state index is 5.99. The van der Waals surface area contributed by atoms with Crippen LogP contribution in [0.2, 0.25) is 0 Å². The molecule has 0 heterocycles. The Bertz CT molecular complexity index is 344. The van der Waals surface area contributed by atoms with Crippen LogP contribution in [0.5, 0.6) is 0 Å². The molecule has 0 aliphatic carbocycles. The summed E-state index contributed by atoms with van der Waals surface area (Å²) in [6.07, 6.45) is 3.31. The summed E-state index contributed by atoms with van der Waals surface area (Å²) in [6.45, 7) is 2.23. The van der Waals surface area contributed by atoms with Crippen LogP contribution in [0.15, 0.2) is 22.7 Å². The molecule has 1 aromatic rings. The van der Waals surface area contributed by atoms with Crippen LogP contribution in [-0.2, 0) is 0 Å². The molecular formula is C12H19BrN2S. The summed E-state index contributed by atoms with van der Waals surface area (Å²) in [7, 11) is 2.10. The van der Waals surface area contributed by atoms with Gasteiger partial charge in [0.25, 0.3) is 0 Å². The van der Waals surface area contributed by atoms with Crippen molar-refractivity contribution in [2.75, 3.05) is 29.7 Å². The van der Waals surface area contributed by atoms with Crippen LogP contribution in [-0.4, -0.2) is 25.1 Å². The highest BCUT2D eigenvalue weighted by Crippen LogP contribution is 2.28. The normalized spacial score (nSPS) is 12.5. The average Bonchev–Trinajstić information content (AvgIpc) is 2.28. The number of nitrogens with zero attached hydrogens (tertiary/aromatic N) is 1. The fourth-order valence-corrected chi connectivity index (χ4v) is 2.47. The molecule has 1 unspecified atom stereocenters. The molecule has 4 heteroatoms. The Hall–Kier alpha value is -0.350. The summed E-state index contributed by atoms with van der Waals surface area (Å²) in [5, 5.41) is 0. The number of rotatable bonds is 5. The van der Waals surface area contributed by atoms with E-state index in [0.717, 1.165) is 15.8 Å². The van der Waals surface area contributed by atoms with Crippen LogP contribution in [0.3, 0.4) is 0 Å². The van der Waals surface area contributed by atoms with Crippen LogP contribution in [0.4, 0.5) is 11.4 Å². The second-order valence-corrected chi connectivity index (χ2v) is 5.85. The molecule has 16 heavy (non-hydrogen) atoms. The number of thioether (sulfide) groups is 1. The largest absolute Gasteiger partial charge is 0.397 e. The van der Waals surface area contributed by atoms with Crippen molar-refractivity contribution in [3.05, 3.63) is 22.7 Å². The molecule has 0 fully saturated rings. The number of benzene rings is 1. The van der Waals surface area contributed by atoms with Crippen LogP contribution in [0.25, 0.3) is 0 Å². The Morgan fingerprint density at radius 1 is 1.50 bits per heavy atom. The van der Waals surface area contributed by atoms with Gasteiger partial charge in [0, 0.05) is 17.6 Å². The summed E-state index contributed by atoms with van der Waals surface area (Å²) in [4.78, 5) is 2.25. The Labute approximate surface area is 111 Å². The first kappa shape index (κ1) is 13.7. The maximum atomic E-state index is 5.99. The zero-order valence-electron chi connectivity index (χ0n) is 10.0. The molecule has 1 aromatic carbocycles. The zero-order chi connectivity index (χ0) is 12.1. The van der Waals surface area contributed by atoms with Crippen LogP contribution in [0, 0.1) is 0 Å². The molecule has 0 bridgehead atoms. The molecule has 0 amide bonds. The monoisotopic (exact) mass is 302 g/mol. The molecular weight excluding hydrogens is 284 g/mol. The van der Waals surface area contributed by atoms with Crippen molar-refractivity contribution in [2.45, 2.75) is 19.4 Å². The Balaban J connectivity index is 2.78. The van der Waals surface area contributed by atoms with Gasteiger partial charge in [0.2, 0.25) is 0 Å². The fourth-order valence-electron chi connectivity index (χ4n) is 1.54. The van der Waals surface area contributed by atoms with Gasteiger partial charge in [-0.1, -0.05) is 15.9 Å².